The van der Waals surface area contributed by atoms with Crippen LogP contribution in [0.1, 0.15) is 31.2 Å². The lowest BCUT2D eigenvalue weighted by Gasteiger charge is -2.07. The summed E-state index contributed by atoms with van der Waals surface area (Å²) < 4.78 is 13.3. The molecular formula is C13H16BrF. The third-order valence-electron chi connectivity index (χ3n) is 3.02. The van der Waals surface area contributed by atoms with Crippen LogP contribution in [0.25, 0.3) is 0 Å². The predicted octanol–water partition coefficient (Wildman–Crippen LogP) is 4.32. The molecule has 1 aliphatic carbocycles. The summed E-state index contributed by atoms with van der Waals surface area (Å²) in [7, 11) is 0. The fourth-order valence-electron chi connectivity index (χ4n) is 1.88. The van der Waals surface area contributed by atoms with Crippen LogP contribution >= 0.6 is 15.9 Å². The van der Waals surface area contributed by atoms with E-state index in [1.165, 1.54) is 19.3 Å². The molecule has 0 saturated heterocycles. The predicted molar refractivity (Wildman–Crippen MR) is 64.8 cm³/mol. The van der Waals surface area contributed by atoms with Gasteiger partial charge in [-0.15, -0.1) is 0 Å². The highest BCUT2D eigenvalue weighted by atomic mass is 79.9. The second-order valence-electron chi connectivity index (χ2n) is 4.34. The van der Waals surface area contributed by atoms with Gasteiger partial charge in [-0.1, -0.05) is 34.1 Å². The van der Waals surface area contributed by atoms with Crippen molar-refractivity contribution in [2.75, 3.05) is 0 Å². The fourth-order valence-corrected chi connectivity index (χ4v) is 2.73. The lowest BCUT2D eigenvalue weighted by Crippen LogP contribution is -2.01. The Labute approximate surface area is 99.0 Å². The SMILES string of the molecule is Fc1ccccc1CCCC(Br)C1CC1. The number of halogens is 2. The molecule has 1 unspecified atom stereocenters. The molecule has 0 amide bonds. The molecule has 82 valence electrons. The van der Waals surface area contributed by atoms with E-state index < -0.39 is 0 Å². The molecule has 0 heterocycles. The first kappa shape index (κ1) is 11.1. The van der Waals surface area contributed by atoms with Gasteiger partial charge in [-0.05, 0) is 49.7 Å². The molecule has 0 nitrogen and oxygen atoms in total. The third kappa shape index (κ3) is 3.30. The first-order valence-electron chi connectivity index (χ1n) is 5.65. The Morgan fingerprint density at radius 3 is 2.73 bits per heavy atom. The molecule has 0 spiro atoms. The van der Waals surface area contributed by atoms with Gasteiger partial charge in [0.05, 0.1) is 0 Å². The maximum absolute atomic E-state index is 13.3. The molecule has 15 heavy (non-hydrogen) atoms. The summed E-state index contributed by atoms with van der Waals surface area (Å²) in [6.07, 6.45) is 5.85. The molecule has 0 aliphatic heterocycles. The minimum absolute atomic E-state index is 0.0601. The van der Waals surface area contributed by atoms with E-state index in [0.29, 0.717) is 4.83 Å². The van der Waals surface area contributed by atoms with E-state index in [1.54, 1.807) is 12.1 Å². The zero-order valence-corrected chi connectivity index (χ0v) is 10.3. The number of benzene rings is 1. The summed E-state index contributed by atoms with van der Waals surface area (Å²) in [5.74, 6) is 0.834. The quantitative estimate of drug-likeness (QED) is 0.699. The summed E-state index contributed by atoms with van der Waals surface area (Å²) in [4.78, 5) is 0.657. The molecule has 1 atom stereocenters. The molecule has 0 bridgehead atoms. The van der Waals surface area contributed by atoms with E-state index in [0.717, 1.165) is 24.3 Å². The van der Waals surface area contributed by atoms with Crippen molar-refractivity contribution in [2.24, 2.45) is 5.92 Å². The standard InChI is InChI=1S/C13H16BrF/c14-12(10-8-9-10)6-3-5-11-4-1-2-7-13(11)15/h1-2,4,7,10,12H,3,5-6,8-9H2. The van der Waals surface area contributed by atoms with Gasteiger partial charge in [-0.2, -0.15) is 0 Å². The van der Waals surface area contributed by atoms with Crippen molar-refractivity contribution >= 4 is 15.9 Å². The van der Waals surface area contributed by atoms with E-state index in [1.807, 2.05) is 12.1 Å². The topological polar surface area (TPSA) is 0 Å². The van der Waals surface area contributed by atoms with Crippen molar-refractivity contribution in [1.82, 2.24) is 0 Å². The summed E-state index contributed by atoms with van der Waals surface area (Å²) in [6.45, 7) is 0. The van der Waals surface area contributed by atoms with Gasteiger partial charge in [0, 0.05) is 4.83 Å². The first-order valence-corrected chi connectivity index (χ1v) is 6.56. The Morgan fingerprint density at radius 2 is 2.07 bits per heavy atom. The number of hydrogen-bond donors (Lipinski definition) is 0. The minimum Gasteiger partial charge on any atom is -0.207 e. The molecule has 1 fully saturated rings. The highest BCUT2D eigenvalue weighted by Crippen LogP contribution is 2.38. The van der Waals surface area contributed by atoms with Gasteiger partial charge in [0.25, 0.3) is 0 Å². The number of aryl methyl sites for hydroxylation is 1. The average Bonchev–Trinajstić information content (AvgIpc) is 3.04. The summed E-state index contributed by atoms with van der Waals surface area (Å²) in [5, 5.41) is 0. The number of alkyl halides is 1. The van der Waals surface area contributed by atoms with Crippen molar-refractivity contribution in [2.45, 2.75) is 36.9 Å². The highest BCUT2D eigenvalue weighted by molar-refractivity contribution is 9.09. The molecule has 0 aromatic heterocycles. The molecule has 0 N–H and O–H groups in total. The van der Waals surface area contributed by atoms with Gasteiger partial charge in [-0.25, -0.2) is 4.39 Å². The summed E-state index contributed by atoms with van der Waals surface area (Å²) in [5.41, 5.74) is 0.855. The molecule has 1 aromatic carbocycles. The Morgan fingerprint density at radius 1 is 1.33 bits per heavy atom. The molecule has 0 radical (unpaired) electrons. The van der Waals surface area contributed by atoms with Gasteiger partial charge in [0.1, 0.15) is 5.82 Å². The van der Waals surface area contributed by atoms with E-state index >= 15 is 0 Å². The second kappa shape index (κ2) is 5.11. The summed E-state index contributed by atoms with van der Waals surface area (Å²) >= 11 is 3.70. The van der Waals surface area contributed by atoms with Crippen molar-refractivity contribution in [1.29, 1.82) is 0 Å². The minimum atomic E-state index is -0.0601. The monoisotopic (exact) mass is 270 g/mol. The van der Waals surface area contributed by atoms with Crippen LogP contribution in [0.5, 0.6) is 0 Å². The smallest absolute Gasteiger partial charge is 0.126 e. The van der Waals surface area contributed by atoms with Crippen LogP contribution in [0.4, 0.5) is 4.39 Å². The van der Waals surface area contributed by atoms with Crippen LogP contribution in [-0.4, -0.2) is 4.83 Å². The van der Waals surface area contributed by atoms with Gasteiger partial charge in [0.2, 0.25) is 0 Å². The lowest BCUT2D eigenvalue weighted by molar-refractivity contribution is 0.592. The maximum atomic E-state index is 13.3. The Kier molecular flexibility index (Phi) is 3.79. The molecular weight excluding hydrogens is 255 g/mol. The van der Waals surface area contributed by atoms with Gasteiger partial charge in [-0.3, -0.25) is 0 Å². The first-order chi connectivity index (χ1) is 7.27. The number of hydrogen-bond acceptors (Lipinski definition) is 0. The van der Waals surface area contributed by atoms with Crippen LogP contribution in [0.3, 0.4) is 0 Å². The van der Waals surface area contributed by atoms with Crippen LogP contribution in [0.2, 0.25) is 0 Å². The average molecular weight is 271 g/mol. The zero-order valence-electron chi connectivity index (χ0n) is 8.76. The van der Waals surface area contributed by atoms with E-state index in [-0.39, 0.29) is 5.82 Å². The Hall–Kier alpha value is -0.370. The van der Waals surface area contributed by atoms with E-state index in [4.69, 9.17) is 0 Å². The highest BCUT2D eigenvalue weighted by Gasteiger charge is 2.28. The Bertz CT molecular complexity index is 320. The fraction of sp³-hybridized carbons (Fsp3) is 0.538. The normalized spacial score (nSPS) is 17.7. The summed E-state index contributed by atoms with van der Waals surface area (Å²) in [6, 6.07) is 7.08. The van der Waals surface area contributed by atoms with Crippen molar-refractivity contribution in [3.05, 3.63) is 35.6 Å². The second-order valence-corrected chi connectivity index (χ2v) is 5.51. The van der Waals surface area contributed by atoms with Gasteiger partial charge >= 0.3 is 0 Å². The van der Waals surface area contributed by atoms with Crippen molar-refractivity contribution in [3.8, 4) is 0 Å². The van der Waals surface area contributed by atoms with Gasteiger partial charge < -0.3 is 0 Å². The van der Waals surface area contributed by atoms with Gasteiger partial charge in [0.15, 0.2) is 0 Å². The number of rotatable bonds is 5. The van der Waals surface area contributed by atoms with Crippen molar-refractivity contribution in [3.63, 3.8) is 0 Å². The Balaban J connectivity index is 1.75. The van der Waals surface area contributed by atoms with E-state index in [2.05, 4.69) is 15.9 Å². The molecule has 1 saturated carbocycles. The lowest BCUT2D eigenvalue weighted by atomic mass is 10.1. The van der Waals surface area contributed by atoms with Crippen LogP contribution in [0, 0.1) is 11.7 Å². The molecule has 1 aliphatic rings. The molecule has 2 heteroatoms. The molecule has 2 rings (SSSR count). The van der Waals surface area contributed by atoms with Crippen molar-refractivity contribution < 1.29 is 4.39 Å². The third-order valence-corrected chi connectivity index (χ3v) is 4.22. The zero-order chi connectivity index (χ0) is 10.7. The van der Waals surface area contributed by atoms with Crippen LogP contribution in [0.15, 0.2) is 24.3 Å². The maximum Gasteiger partial charge on any atom is 0.126 e. The molecule has 1 aromatic rings. The van der Waals surface area contributed by atoms with E-state index in [9.17, 15) is 4.39 Å². The van der Waals surface area contributed by atoms with Crippen LogP contribution in [-0.2, 0) is 6.42 Å². The largest absolute Gasteiger partial charge is 0.207 e. The van der Waals surface area contributed by atoms with Crippen LogP contribution < -0.4 is 0 Å².